The van der Waals surface area contributed by atoms with E-state index in [2.05, 4.69) is 0 Å². The zero-order chi connectivity index (χ0) is 12.5. The Labute approximate surface area is 95.1 Å². The first kappa shape index (κ1) is 11.9. The summed E-state index contributed by atoms with van der Waals surface area (Å²) in [6, 6.07) is 6.32. The number of fused-ring (bicyclic) bond motifs is 1. The highest BCUT2D eigenvalue weighted by atomic mass is 19.4. The van der Waals surface area contributed by atoms with Crippen LogP contribution in [0.2, 0.25) is 0 Å². The molecule has 0 saturated carbocycles. The second-order valence-corrected chi connectivity index (χ2v) is 3.60. The van der Waals surface area contributed by atoms with Gasteiger partial charge in [-0.1, -0.05) is 18.2 Å². The third-order valence-corrected chi connectivity index (χ3v) is 2.34. The molecule has 0 amide bonds. The summed E-state index contributed by atoms with van der Waals surface area (Å²) in [6.07, 6.45) is -5.25. The fourth-order valence-electron chi connectivity index (χ4n) is 1.62. The Bertz CT molecular complexity index is 428. The summed E-state index contributed by atoms with van der Waals surface area (Å²) in [5.41, 5.74) is 0.693. The van der Waals surface area contributed by atoms with Crippen molar-refractivity contribution in [3.8, 4) is 0 Å². The van der Waals surface area contributed by atoms with Crippen molar-refractivity contribution >= 4 is 5.97 Å². The average molecular weight is 246 g/mol. The van der Waals surface area contributed by atoms with Crippen molar-refractivity contribution in [1.29, 1.82) is 0 Å². The summed E-state index contributed by atoms with van der Waals surface area (Å²) < 4.78 is 45.6. The maximum atomic E-state index is 12.0. The Hall–Kier alpha value is -1.56. The first-order valence-corrected chi connectivity index (χ1v) is 4.92. The monoisotopic (exact) mass is 246 g/mol. The second kappa shape index (κ2) is 4.37. The van der Waals surface area contributed by atoms with Crippen molar-refractivity contribution < 1.29 is 27.4 Å². The van der Waals surface area contributed by atoms with Gasteiger partial charge in [-0.2, -0.15) is 13.2 Å². The van der Waals surface area contributed by atoms with E-state index in [4.69, 9.17) is 9.47 Å². The summed E-state index contributed by atoms with van der Waals surface area (Å²) in [5, 5.41) is 0. The lowest BCUT2D eigenvalue weighted by Gasteiger charge is -2.25. The highest BCUT2D eigenvalue weighted by molar-refractivity contribution is 5.92. The molecular formula is C11H9F3O3. The fraction of sp³-hybridized carbons (Fsp3) is 0.364. The molecule has 1 aromatic rings. The third kappa shape index (κ3) is 2.76. The molecule has 92 valence electrons. The van der Waals surface area contributed by atoms with Crippen LogP contribution in [0.15, 0.2) is 24.3 Å². The van der Waals surface area contributed by atoms with Gasteiger partial charge in [0.15, 0.2) is 0 Å². The molecule has 0 spiro atoms. The lowest BCUT2D eigenvalue weighted by molar-refractivity contribution is -0.190. The highest BCUT2D eigenvalue weighted by Crippen LogP contribution is 2.29. The van der Waals surface area contributed by atoms with Crippen LogP contribution in [0.25, 0.3) is 0 Å². The van der Waals surface area contributed by atoms with E-state index in [0.717, 1.165) is 0 Å². The van der Waals surface area contributed by atoms with Crippen molar-refractivity contribution in [2.75, 3.05) is 13.2 Å². The number of carbonyl (C=O) groups is 1. The maximum absolute atomic E-state index is 12.0. The van der Waals surface area contributed by atoms with Crippen LogP contribution in [0.3, 0.4) is 0 Å². The molecule has 0 N–H and O–H groups in total. The Kier molecular flexibility index (Phi) is 3.06. The molecule has 1 heterocycles. The second-order valence-electron chi connectivity index (χ2n) is 3.60. The van der Waals surface area contributed by atoms with E-state index in [1.54, 1.807) is 18.2 Å². The molecule has 0 aliphatic carbocycles. The predicted molar refractivity (Wildman–Crippen MR) is 51.5 cm³/mol. The number of rotatable bonds is 2. The van der Waals surface area contributed by atoms with Crippen LogP contribution in [0.5, 0.6) is 0 Å². The summed E-state index contributed by atoms with van der Waals surface area (Å²) in [7, 11) is 0. The van der Waals surface area contributed by atoms with E-state index < -0.39 is 24.9 Å². The normalized spacial score (nSPS) is 19.7. The number of cyclic esters (lactones) is 1. The number of esters is 1. The molecule has 0 bridgehead atoms. The largest absolute Gasteiger partial charge is 0.459 e. The minimum absolute atomic E-state index is 0.189. The summed E-state index contributed by atoms with van der Waals surface area (Å²) in [4.78, 5) is 11.3. The minimum Gasteiger partial charge on any atom is -0.459 e. The predicted octanol–water partition coefficient (Wildman–Crippen LogP) is 2.48. The van der Waals surface area contributed by atoms with E-state index in [-0.39, 0.29) is 12.2 Å². The number of hydrogen-bond donors (Lipinski definition) is 0. The molecule has 0 fully saturated rings. The van der Waals surface area contributed by atoms with E-state index in [0.29, 0.717) is 5.56 Å². The van der Waals surface area contributed by atoms with Gasteiger partial charge in [0.25, 0.3) is 0 Å². The van der Waals surface area contributed by atoms with Gasteiger partial charge in [0, 0.05) is 0 Å². The van der Waals surface area contributed by atoms with Crippen LogP contribution in [0.4, 0.5) is 13.2 Å². The number of alkyl halides is 3. The SMILES string of the molecule is O=C1OCC(OCC(F)(F)F)c2ccccc21. The molecule has 1 atom stereocenters. The molecule has 2 rings (SSSR count). The molecule has 17 heavy (non-hydrogen) atoms. The molecule has 3 nitrogen and oxygen atoms in total. The smallest absolute Gasteiger partial charge is 0.411 e. The topological polar surface area (TPSA) is 35.5 Å². The molecule has 1 aromatic carbocycles. The zero-order valence-corrected chi connectivity index (χ0v) is 8.66. The average Bonchev–Trinajstić information content (AvgIpc) is 2.27. The van der Waals surface area contributed by atoms with Gasteiger partial charge in [-0.15, -0.1) is 0 Å². The lowest BCUT2D eigenvalue weighted by atomic mass is 10.0. The summed E-state index contributed by atoms with van der Waals surface area (Å²) in [5.74, 6) is -0.535. The van der Waals surface area contributed by atoms with Crippen LogP contribution in [0.1, 0.15) is 22.0 Å². The van der Waals surface area contributed by atoms with Gasteiger partial charge in [-0.25, -0.2) is 4.79 Å². The van der Waals surface area contributed by atoms with Crippen molar-refractivity contribution in [1.82, 2.24) is 0 Å². The first-order valence-electron chi connectivity index (χ1n) is 4.92. The van der Waals surface area contributed by atoms with Crippen LogP contribution in [-0.4, -0.2) is 25.4 Å². The van der Waals surface area contributed by atoms with Crippen LogP contribution in [0, 0.1) is 0 Å². The molecule has 0 aromatic heterocycles. The van der Waals surface area contributed by atoms with E-state index in [1.165, 1.54) is 6.07 Å². The van der Waals surface area contributed by atoms with E-state index in [9.17, 15) is 18.0 Å². The number of halogens is 3. The van der Waals surface area contributed by atoms with Gasteiger partial charge >= 0.3 is 12.1 Å². The first-order chi connectivity index (χ1) is 7.97. The summed E-state index contributed by atoms with van der Waals surface area (Å²) in [6.45, 7) is -1.55. The Morgan fingerprint density at radius 2 is 2.06 bits per heavy atom. The minimum atomic E-state index is -4.39. The van der Waals surface area contributed by atoms with Gasteiger partial charge in [-0.05, 0) is 11.6 Å². The van der Waals surface area contributed by atoms with Gasteiger partial charge in [0.2, 0.25) is 0 Å². The van der Waals surface area contributed by atoms with Crippen molar-refractivity contribution in [2.24, 2.45) is 0 Å². The molecule has 1 aliphatic rings. The van der Waals surface area contributed by atoms with Gasteiger partial charge in [0.05, 0.1) is 5.56 Å². The number of hydrogen-bond acceptors (Lipinski definition) is 3. The Balaban J connectivity index is 2.16. The third-order valence-electron chi connectivity index (χ3n) is 2.34. The molecular weight excluding hydrogens is 237 g/mol. The number of ether oxygens (including phenoxy) is 2. The fourth-order valence-corrected chi connectivity index (χ4v) is 1.62. The van der Waals surface area contributed by atoms with Crippen LogP contribution >= 0.6 is 0 Å². The van der Waals surface area contributed by atoms with Crippen LogP contribution < -0.4 is 0 Å². The molecule has 6 heteroatoms. The van der Waals surface area contributed by atoms with Crippen molar-refractivity contribution in [3.63, 3.8) is 0 Å². The highest BCUT2D eigenvalue weighted by Gasteiger charge is 2.33. The standard InChI is InChI=1S/C11H9F3O3/c12-11(13,14)6-17-9-5-16-10(15)8-4-2-1-3-7(8)9/h1-4,9H,5-6H2. The number of carbonyl (C=O) groups excluding carboxylic acids is 1. The summed E-state index contributed by atoms with van der Waals surface area (Å²) >= 11 is 0. The van der Waals surface area contributed by atoms with E-state index in [1.807, 2.05) is 0 Å². The molecule has 0 saturated heterocycles. The van der Waals surface area contributed by atoms with Crippen molar-refractivity contribution in [3.05, 3.63) is 35.4 Å². The molecule has 0 radical (unpaired) electrons. The van der Waals surface area contributed by atoms with Gasteiger partial charge < -0.3 is 9.47 Å². The van der Waals surface area contributed by atoms with E-state index >= 15 is 0 Å². The lowest BCUT2D eigenvalue weighted by Crippen LogP contribution is -2.27. The van der Waals surface area contributed by atoms with Crippen molar-refractivity contribution in [2.45, 2.75) is 12.3 Å². The van der Waals surface area contributed by atoms with Crippen LogP contribution in [-0.2, 0) is 9.47 Å². The maximum Gasteiger partial charge on any atom is 0.411 e. The zero-order valence-electron chi connectivity index (χ0n) is 8.66. The van der Waals surface area contributed by atoms with Gasteiger partial charge in [0.1, 0.15) is 19.3 Å². The molecule has 1 aliphatic heterocycles. The Morgan fingerprint density at radius 1 is 1.35 bits per heavy atom. The molecule has 1 unspecified atom stereocenters. The van der Waals surface area contributed by atoms with Gasteiger partial charge in [-0.3, -0.25) is 0 Å². The quantitative estimate of drug-likeness (QED) is 0.752. The Morgan fingerprint density at radius 3 is 2.76 bits per heavy atom. The number of benzene rings is 1.